The standard InChI is InChI=1S/C19H18FN5O3/c1-13(18(26)22-16-9-5-8-15(20)11-16)28-19(27)17(25-12-21-23-24-25)10-14-6-3-2-4-7-14/h2-9,11-13,17H,10H2,1H3,(H,22,26)/t13-,17-/m0/s1. The van der Waals surface area contributed by atoms with E-state index >= 15 is 0 Å². The Morgan fingerprint density at radius 2 is 1.96 bits per heavy atom. The number of tetrazole rings is 1. The van der Waals surface area contributed by atoms with Gasteiger partial charge in [-0.2, -0.15) is 0 Å². The molecule has 0 aliphatic heterocycles. The van der Waals surface area contributed by atoms with Gasteiger partial charge in [-0.1, -0.05) is 36.4 Å². The number of aromatic nitrogens is 4. The molecule has 144 valence electrons. The van der Waals surface area contributed by atoms with Crippen molar-refractivity contribution in [2.24, 2.45) is 0 Å². The molecule has 0 fully saturated rings. The number of ether oxygens (including phenoxy) is 1. The van der Waals surface area contributed by atoms with Crippen LogP contribution in [0.4, 0.5) is 10.1 Å². The van der Waals surface area contributed by atoms with E-state index in [4.69, 9.17) is 4.74 Å². The molecule has 0 aliphatic rings. The van der Waals surface area contributed by atoms with E-state index in [1.807, 2.05) is 30.3 Å². The number of hydrogen-bond donors (Lipinski definition) is 1. The lowest BCUT2D eigenvalue weighted by atomic mass is 10.1. The van der Waals surface area contributed by atoms with Crippen molar-refractivity contribution >= 4 is 17.6 Å². The van der Waals surface area contributed by atoms with Crippen LogP contribution in [-0.2, 0) is 20.7 Å². The van der Waals surface area contributed by atoms with Crippen LogP contribution >= 0.6 is 0 Å². The van der Waals surface area contributed by atoms with E-state index in [2.05, 4.69) is 20.8 Å². The Morgan fingerprint density at radius 3 is 2.64 bits per heavy atom. The first-order valence-electron chi connectivity index (χ1n) is 8.56. The van der Waals surface area contributed by atoms with Crippen molar-refractivity contribution in [3.05, 3.63) is 72.3 Å². The fourth-order valence-corrected chi connectivity index (χ4v) is 2.55. The highest BCUT2D eigenvalue weighted by molar-refractivity contribution is 5.95. The number of esters is 1. The first-order chi connectivity index (χ1) is 13.5. The molecule has 28 heavy (non-hydrogen) atoms. The molecule has 0 saturated carbocycles. The number of anilines is 1. The highest BCUT2D eigenvalue weighted by Crippen LogP contribution is 2.16. The molecule has 0 spiro atoms. The van der Waals surface area contributed by atoms with Crippen molar-refractivity contribution in [3.8, 4) is 0 Å². The summed E-state index contributed by atoms with van der Waals surface area (Å²) in [5.74, 6) is -1.71. The van der Waals surface area contributed by atoms with E-state index in [1.165, 1.54) is 42.2 Å². The Kier molecular flexibility index (Phi) is 6.05. The number of rotatable bonds is 7. The summed E-state index contributed by atoms with van der Waals surface area (Å²) in [4.78, 5) is 25.0. The van der Waals surface area contributed by atoms with E-state index in [1.54, 1.807) is 0 Å². The zero-order chi connectivity index (χ0) is 19.9. The molecule has 1 heterocycles. The summed E-state index contributed by atoms with van der Waals surface area (Å²) in [5.41, 5.74) is 1.16. The predicted molar refractivity (Wildman–Crippen MR) is 97.6 cm³/mol. The van der Waals surface area contributed by atoms with E-state index in [0.717, 1.165) is 5.56 Å². The molecule has 8 nitrogen and oxygen atoms in total. The zero-order valence-electron chi connectivity index (χ0n) is 15.0. The molecule has 1 amide bonds. The number of nitrogens with zero attached hydrogens (tertiary/aromatic N) is 4. The van der Waals surface area contributed by atoms with Crippen molar-refractivity contribution in [1.29, 1.82) is 0 Å². The quantitative estimate of drug-likeness (QED) is 0.628. The molecule has 0 radical (unpaired) electrons. The molecular weight excluding hydrogens is 365 g/mol. The van der Waals surface area contributed by atoms with Gasteiger partial charge in [-0.15, -0.1) is 5.10 Å². The molecule has 2 atom stereocenters. The van der Waals surface area contributed by atoms with Crippen molar-refractivity contribution in [2.45, 2.75) is 25.5 Å². The number of nitrogens with one attached hydrogen (secondary N) is 1. The molecule has 3 aromatic rings. The summed E-state index contributed by atoms with van der Waals surface area (Å²) in [5, 5.41) is 13.4. The third-order valence-electron chi connectivity index (χ3n) is 3.98. The fraction of sp³-hybridized carbons (Fsp3) is 0.211. The fourth-order valence-electron chi connectivity index (χ4n) is 2.55. The maximum Gasteiger partial charge on any atom is 0.332 e. The highest BCUT2D eigenvalue weighted by Gasteiger charge is 2.28. The summed E-state index contributed by atoms with van der Waals surface area (Å²) in [6, 6.07) is 13.9. The van der Waals surface area contributed by atoms with Gasteiger partial charge < -0.3 is 10.1 Å². The van der Waals surface area contributed by atoms with Gasteiger partial charge in [0, 0.05) is 12.1 Å². The number of carbonyl (C=O) groups excluding carboxylic acids is 2. The average Bonchev–Trinajstić information content (AvgIpc) is 3.21. The number of hydrogen-bond acceptors (Lipinski definition) is 6. The minimum Gasteiger partial charge on any atom is -0.451 e. The largest absolute Gasteiger partial charge is 0.451 e. The van der Waals surface area contributed by atoms with Crippen LogP contribution in [0.25, 0.3) is 0 Å². The summed E-state index contributed by atoms with van der Waals surface area (Å²) in [6.07, 6.45) is 0.514. The van der Waals surface area contributed by atoms with Gasteiger partial charge in [-0.05, 0) is 41.1 Å². The van der Waals surface area contributed by atoms with Gasteiger partial charge in [0.1, 0.15) is 12.1 Å². The van der Waals surface area contributed by atoms with Crippen molar-refractivity contribution in [3.63, 3.8) is 0 Å². The highest BCUT2D eigenvalue weighted by atomic mass is 19.1. The first-order valence-corrected chi connectivity index (χ1v) is 8.56. The van der Waals surface area contributed by atoms with Crippen LogP contribution in [0.3, 0.4) is 0 Å². The summed E-state index contributed by atoms with van der Waals surface area (Å²) >= 11 is 0. The molecular formula is C19H18FN5O3. The van der Waals surface area contributed by atoms with E-state index in [-0.39, 0.29) is 5.69 Å². The number of halogens is 1. The van der Waals surface area contributed by atoms with Gasteiger partial charge in [-0.25, -0.2) is 13.9 Å². The second-order valence-corrected chi connectivity index (χ2v) is 6.07. The topological polar surface area (TPSA) is 99.0 Å². The third kappa shape index (κ3) is 4.97. The van der Waals surface area contributed by atoms with Gasteiger partial charge >= 0.3 is 5.97 Å². The molecule has 1 aromatic heterocycles. The average molecular weight is 383 g/mol. The van der Waals surface area contributed by atoms with Gasteiger partial charge in [0.25, 0.3) is 5.91 Å². The Balaban J connectivity index is 1.67. The summed E-state index contributed by atoms with van der Waals surface area (Å²) < 4.78 is 19.8. The summed E-state index contributed by atoms with van der Waals surface area (Å²) in [7, 11) is 0. The second kappa shape index (κ2) is 8.85. The Hall–Kier alpha value is -3.62. The first kappa shape index (κ1) is 19.2. The van der Waals surface area contributed by atoms with E-state index < -0.39 is 29.8 Å². The second-order valence-electron chi connectivity index (χ2n) is 6.07. The van der Waals surface area contributed by atoms with Gasteiger partial charge in [0.15, 0.2) is 12.1 Å². The third-order valence-corrected chi connectivity index (χ3v) is 3.98. The molecule has 2 aromatic carbocycles. The van der Waals surface area contributed by atoms with Crippen LogP contribution in [0.2, 0.25) is 0 Å². The molecule has 0 aliphatic carbocycles. The van der Waals surface area contributed by atoms with Crippen LogP contribution in [0.5, 0.6) is 0 Å². The molecule has 0 unspecified atom stereocenters. The van der Waals surface area contributed by atoms with Gasteiger partial charge in [-0.3, -0.25) is 4.79 Å². The molecule has 3 rings (SSSR count). The maximum atomic E-state index is 13.2. The van der Waals surface area contributed by atoms with E-state index in [9.17, 15) is 14.0 Å². The zero-order valence-corrected chi connectivity index (χ0v) is 15.0. The minimum atomic E-state index is -1.09. The SMILES string of the molecule is C[C@H](OC(=O)[C@H](Cc1ccccc1)n1cnnn1)C(=O)Nc1cccc(F)c1. The molecule has 0 bridgehead atoms. The smallest absolute Gasteiger partial charge is 0.332 e. The Morgan fingerprint density at radius 1 is 1.18 bits per heavy atom. The number of carbonyl (C=O) groups is 2. The van der Waals surface area contributed by atoms with Crippen LogP contribution in [0.15, 0.2) is 60.9 Å². The molecule has 9 heteroatoms. The van der Waals surface area contributed by atoms with E-state index in [0.29, 0.717) is 6.42 Å². The normalized spacial score (nSPS) is 12.8. The predicted octanol–water partition coefficient (Wildman–Crippen LogP) is 2.17. The monoisotopic (exact) mass is 383 g/mol. The lowest BCUT2D eigenvalue weighted by Gasteiger charge is -2.19. The van der Waals surface area contributed by atoms with Crippen molar-refractivity contribution < 1.29 is 18.7 Å². The number of benzene rings is 2. The van der Waals surface area contributed by atoms with Crippen LogP contribution in [0.1, 0.15) is 18.5 Å². The van der Waals surface area contributed by atoms with Gasteiger partial charge in [0.2, 0.25) is 0 Å². The number of amides is 1. The lowest BCUT2D eigenvalue weighted by molar-refractivity contribution is -0.156. The Bertz CT molecular complexity index is 934. The summed E-state index contributed by atoms with van der Waals surface area (Å²) in [6.45, 7) is 1.44. The molecule has 1 N–H and O–H groups in total. The van der Waals surface area contributed by atoms with Crippen molar-refractivity contribution in [1.82, 2.24) is 20.2 Å². The van der Waals surface area contributed by atoms with Crippen LogP contribution in [0, 0.1) is 5.82 Å². The van der Waals surface area contributed by atoms with Gasteiger partial charge in [0.05, 0.1) is 0 Å². The molecule has 0 saturated heterocycles. The Labute approximate surface area is 160 Å². The lowest BCUT2D eigenvalue weighted by Crippen LogP contribution is -2.34. The van der Waals surface area contributed by atoms with Crippen molar-refractivity contribution in [2.75, 3.05) is 5.32 Å². The van der Waals surface area contributed by atoms with Crippen LogP contribution in [-0.4, -0.2) is 38.2 Å². The van der Waals surface area contributed by atoms with Crippen LogP contribution < -0.4 is 5.32 Å². The minimum absolute atomic E-state index is 0.272. The maximum absolute atomic E-state index is 13.2.